The lowest BCUT2D eigenvalue weighted by Crippen LogP contribution is -2.39. The smallest absolute Gasteiger partial charge is 0.410 e. The maximum Gasteiger partial charge on any atom is 0.410 e. The molecule has 11 heteroatoms. The summed E-state index contributed by atoms with van der Waals surface area (Å²) in [6.07, 6.45) is 7.57. The van der Waals surface area contributed by atoms with Gasteiger partial charge in [0.2, 0.25) is 5.91 Å². The van der Waals surface area contributed by atoms with Crippen molar-refractivity contribution in [2.24, 2.45) is 11.8 Å². The fourth-order valence-corrected chi connectivity index (χ4v) is 5.44. The SMILES string of the molecule is COc1cccc(NC(=O)C2CCC(Cn3cnc4c(N)nc(C5=CCN(C(=O)OC(C)(C)C)CC5)nc43)CC2)c1. The summed E-state index contributed by atoms with van der Waals surface area (Å²) in [4.78, 5) is 40.9. The van der Waals surface area contributed by atoms with Crippen molar-refractivity contribution < 1.29 is 19.1 Å². The van der Waals surface area contributed by atoms with Crippen LogP contribution >= 0.6 is 0 Å². The van der Waals surface area contributed by atoms with Gasteiger partial charge in [-0.15, -0.1) is 0 Å². The highest BCUT2D eigenvalue weighted by atomic mass is 16.6. The van der Waals surface area contributed by atoms with Crippen LogP contribution in [0.15, 0.2) is 36.7 Å². The molecule has 3 heterocycles. The number of benzene rings is 1. The third-order valence-corrected chi connectivity index (χ3v) is 7.65. The first kappa shape index (κ1) is 28.4. The van der Waals surface area contributed by atoms with Crippen molar-refractivity contribution in [3.05, 3.63) is 42.5 Å². The average molecular weight is 562 g/mol. The number of imidazole rings is 1. The first-order chi connectivity index (χ1) is 19.6. The van der Waals surface area contributed by atoms with Crippen LogP contribution in [0.2, 0.25) is 0 Å². The molecule has 5 rings (SSSR count). The van der Waals surface area contributed by atoms with Gasteiger partial charge < -0.3 is 30.0 Å². The number of fused-ring (bicyclic) bond motifs is 1. The Morgan fingerprint density at radius 2 is 1.93 bits per heavy atom. The maximum atomic E-state index is 12.9. The molecule has 218 valence electrons. The number of rotatable bonds is 6. The number of carbonyl (C=O) groups excluding carboxylic acids is 2. The Hall–Kier alpha value is -4.15. The molecule has 2 amide bonds. The summed E-state index contributed by atoms with van der Waals surface area (Å²) in [7, 11) is 1.61. The summed E-state index contributed by atoms with van der Waals surface area (Å²) in [5.41, 5.74) is 8.76. The predicted molar refractivity (Wildman–Crippen MR) is 157 cm³/mol. The lowest BCUT2D eigenvalue weighted by Gasteiger charge is -2.29. The molecule has 1 aliphatic heterocycles. The van der Waals surface area contributed by atoms with E-state index in [4.69, 9.17) is 20.2 Å². The highest BCUT2D eigenvalue weighted by Crippen LogP contribution is 2.32. The van der Waals surface area contributed by atoms with Gasteiger partial charge in [-0.3, -0.25) is 4.79 Å². The fourth-order valence-electron chi connectivity index (χ4n) is 5.44. The number of nitrogens with two attached hydrogens (primary N) is 1. The number of nitrogen functional groups attached to an aromatic ring is 1. The summed E-state index contributed by atoms with van der Waals surface area (Å²) in [6, 6.07) is 7.43. The molecule has 3 N–H and O–H groups in total. The van der Waals surface area contributed by atoms with Crippen LogP contribution in [0.1, 0.15) is 58.7 Å². The Balaban J connectivity index is 1.21. The van der Waals surface area contributed by atoms with E-state index in [1.807, 2.05) is 51.1 Å². The lowest BCUT2D eigenvalue weighted by molar-refractivity contribution is -0.121. The van der Waals surface area contributed by atoms with Gasteiger partial charge in [-0.25, -0.2) is 19.7 Å². The van der Waals surface area contributed by atoms with Crippen LogP contribution in [0, 0.1) is 11.8 Å². The second kappa shape index (κ2) is 11.8. The molecule has 1 saturated carbocycles. The Morgan fingerprint density at radius 3 is 2.61 bits per heavy atom. The number of hydrogen-bond donors (Lipinski definition) is 2. The van der Waals surface area contributed by atoms with Crippen molar-refractivity contribution in [3.63, 3.8) is 0 Å². The highest BCUT2D eigenvalue weighted by Gasteiger charge is 2.28. The van der Waals surface area contributed by atoms with Crippen LogP contribution in [0.25, 0.3) is 16.7 Å². The monoisotopic (exact) mass is 561 g/mol. The van der Waals surface area contributed by atoms with E-state index in [2.05, 4.69) is 19.9 Å². The second-order valence-corrected chi connectivity index (χ2v) is 11.8. The molecule has 0 atom stereocenters. The molecule has 3 aromatic rings. The first-order valence-electron chi connectivity index (χ1n) is 14.2. The van der Waals surface area contributed by atoms with Gasteiger partial charge in [0.05, 0.1) is 13.4 Å². The van der Waals surface area contributed by atoms with Crippen molar-refractivity contribution >= 4 is 40.2 Å². The van der Waals surface area contributed by atoms with Crippen LogP contribution in [0.3, 0.4) is 0 Å². The van der Waals surface area contributed by atoms with Crippen molar-refractivity contribution in [2.75, 3.05) is 31.2 Å². The van der Waals surface area contributed by atoms with Gasteiger partial charge in [0.1, 0.15) is 16.9 Å². The molecular weight excluding hydrogens is 522 g/mol. The minimum Gasteiger partial charge on any atom is -0.497 e. The van der Waals surface area contributed by atoms with Gasteiger partial charge in [0, 0.05) is 37.3 Å². The van der Waals surface area contributed by atoms with E-state index >= 15 is 0 Å². The molecule has 2 aliphatic rings. The topological polar surface area (TPSA) is 137 Å². The van der Waals surface area contributed by atoms with E-state index in [1.54, 1.807) is 18.3 Å². The summed E-state index contributed by atoms with van der Waals surface area (Å²) >= 11 is 0. The third kappa shape index (κ3) is 6.78. The zero-order chi connectivity index (χ0) is 29.1. The summed E-state index contributed by atoms with van der Waals surface area (Å²) in [5, 5.41) is 3.03. The van der Waals surface area contributed by atoms with Gasteiger partial charge in [0.15, 0.2) is 17.3 Å². The molecular formula is C30H39N7O4. The number of hydrogen-bond acceptors (Lipinski definition) is 8. The van der Waals surface area contributed by atoms with Crippen molar-refractivity contribution in [1.29, 1.82) is 0 Å². The molecule has 1 aromatic carbocycles. The van der Waals surface area contributed by atoms with Crippen molar-refractivity contribution in [1.82, 2.24) is 24.4 Å². The van der Waals surface area contributed by atoms with E-state index in [0.717, 1.165) is 43.5 Å². The molecule has 0 unspecified atom stereocenters. The Labute approximate surface area is 240 Å². The Bertz CT molecular complexity index is 1450. The van der Waals surface area contributed by atoms with Gasteiger partial charge in [-0.1, -0.05) is 12.1 Å². The first-order valence-corrected chi connectivity index (χ1v) is 14.2. The Morgan fingerprint density at radius 1 is 1.15 bits per heavy atom. The van der Waals surface area contributed by atoms with E-state index in [9.17, 15) is 9.59 Å². The number of amides is 2. The number of nitrogens with one attached hydrogen (secondary N) is 1. The van der Waals surface area contributed by atoms with Gasteiger partial charge >= 0.3 is 6.09 Å². The number of ether oxygens (including phenoxy) is 2. The molecule has 1 aliphatic carbocycles. The van der Waals surface area contributed by atoms with Gasteiger partial charge in [-0.05, 0) is 76.5 Å². The normalized spacial score (nSPS) is 19.5. The number of anilines is 2. The molecule has 11 nitrogen and oxygen atoms in total. The summed E-state index contributed by atoms with van der Waals surface area (Å²) < 4.78 is 12.8. The van der Waals surface area contributed by atoms with Gasteiger partial charge in [0.25, 0.3) is 0 Å². The average Bonchev–Trinajstić information content (AvgIpc) is 3.35. The number of carbonyl (C=O) groups is 2. The van der Waals surface area contributed by atoms with E-state index in [-0.39, 0.29) is 17.9 Å². The highest BCUT2D eigenvalue weighted by molar-refractivity contribution is 5.92. The molecule has 2 aromatic heterocycles. The molecule has 0 bridgehead atoms. The number of methoxy groups -OCH3 is 1. The van der Waals surface area contributed by atoms with Crippen LogP contribution < -0.4 is 15.8 Å². The fraction of sp³-hybridized carbons (Fsp3) is 0.500. The minimum absolute atomic E-state index is 0.0139. The van der Waals surface area contributed by atoms with Gasteiger partial charge in [-0.2, -0.15) is 0 Å². The van der Waals surface area contributed by atoms with E-state index in [0.29, 0.717) is 54.0 Å². The zero-order valence-electron chi connectivity index (χ0n) is 24.2. The third-order valence-electron chi connectivity index (χ3n) is 7.65. The molecule has 0 radical (unpaired) electrons. The number of nitrogens with zero attached hydrogens (tertiary/aromatic N) is 5. The van der Waals surface area contributed by atoms with Crippen LogP contribution in [-0.4, -0.2) is 62.2 Å². The largest absolute Gasteiger partial charge is 0.497 e. The zero-order valence-corrected chi connectivity index (χ0v) is 24.2. The van der Waals surface area contributed by atoms with E-state index < -0.39 is 5.60 Å². The minimum atomic E-state index is -0.537. The van der Waals surface area contributed by atoms with Crippen LogP contribution in [0.5, 0.6) is 5.75 Å². The second-order valence-electron chi connectivity index (χ2n) is 11.8. The Kier molecular flexibility index (Phi) is 8.14. The predicted octanol–water partition coefficient (Wildman–Crippen LogP) is 4.89. The maximum absolute atomic E-state index is 12.9. The van der Waals surface area contributed by atoms with Crippen LogP contribution in [0.4, 0.5) is 16.3 Å². The van der Waals surface area contributed by atoms with Crippen molar-refractivity contribution in [3.8, 4) is 5.75 Å². The van der Waals surface area contributed by atoms with E-state index in [1.165, 1.54) is 0 Å². The lowest BCUT2D eigenvalue weighted by atomic mass is 9.81. The summed E-state index contributed by atoms with van der Waals surface area (Å²) in [5.74, 6) is 2.08. The quantitative estimate of drug-likeness (QED) is 0.434. The summed E-state index contributed by atoms with van der Waals surface area (Å²) in [6.45, 7) is 7.28. The van der Waals surface area contributed by atoms with Crippen LogP contribution in [-0.2, 0) is 16.1 Å². The number of aromatic nitrogens is 4. The van der Waals surface area contributed by atoms with Crippen molar-refractivity contribution in [2.45, 2.75) is 65.0 Å². The standard InChI is InChI=1S/C30H39N7O4/c1-30(2,3)41-29(39)36-14-12-20(13-15-36)26-34-25(31)24-27(35-26)37(18-32-24)17-19-8-10-21(11-9-19)28(38)33-22-6-5-7-23(16-22)40-4/h5-7,12,16,18-19,21H,8-11,13-15,17H2,1-4H3,(H,33,38)(H2,31,34,35). The molecule has 0 spiro atoms. The molecule has 1 fully saturated rings. The molecule has 0 saturated heterocycles. The molecule has 41 heavy (non-hydrogen) atoms.